The molecule has 1 saturated heterocycles. The monoisotopic (exact) mass is 300 g/mol. The maximum absolute atomic E-state index is 14.0. The van der Waals surface area contributed by atoms with Crippen molar-refractivity contribution in [3.63, 3.8) is 0 Å². The van der Waals surface area contributed by atoms with Crippen LogP contribution in [0.1, 0.15) is 6.23 Å². The largest absolute Gasteiger partial charge is 0.474 e. The summed E-state index contributed by atoms with van der Waals surface area (Å²) >= 11 is 0. The van der Waals surface area contributed by atoms with Gasteiger partial charge in [-0.25, -0.2) is 9.18 Å². The summed E-state index contributed by atoms with van der Waals surface area (Å²) in [5.41, 5.74) is -1.76. The minimum atomic E-state index is -1.95. The molecule has 114 valence electrons. The van der Waals surface area contributed by atoms with Crippen molar-refractivity contribution in [2.45, 2.75) is 24.6 Å². The first-order chi connectivity index (χ1) is 9.99. The summed E-state index contributed by atoms with van der Waals surface area (Å²) in [6, 6.07) is 0. The zero-order valence-electron chi connectivity index (χ0n) is 10.7. The third kappa shape index (κ3) is 2.82. The van der Waals surface area contributed by atoms with Gasteiger partial charge in [0.2, 0.25) is 5.75 Å². The highest BCUT2D eigenvalue weighted by Crippen LogP contribution is 2.30. The van der Waals surface area contributed by atoms with Crippen LogP contribution in [-0.2, 0) is 4.74 Å². The Morgan fingerprint density at radius 1 is 1.57 bits per heavy atom. The summed E-state index contributed by atoms with van der Waals surface area (Å²) < 4.78 is 24.7. The number of nitrogens with zero attached hydrogens (tertiary/aromatic N) is 1. The number of nitrogens with one attached hydrogen (secondary N) is 1. The third-order valence-electron chi connectivity index (χ3n) is 2.99. The van der Waals surface area contributed by atoms with Crippen molar-refractivity contribution in [1.82, 2.24) is 9.55 Å². The van der Waals surface area contributed by atoms with Crippen LogP contribution in [0.3, 0.4) is 0 Å². The van der Waals surface area contributed by atoms with Crippen molar-refractivity contribution < 1.29 is 24.1 Å². The van der Waals surface area contributed by atoms with Crippen molar-refractivity contribution in [1.29, 1.82) is 0 Å². The molecule has 0 radical (unpaired) electrons. The molecule has 8 nitrogen and oxygen atoms in total. The zero-order chi connectivity index (χ0) is 15.6. The molecule has 1 aromatic heterocycles. The van der Waals surface area contributed by atoms with Gasteiger partial charge in [0.25, 0.3) is 5.56 Å². The molecule has 21 heavy (non-hydrogen) atoms. The molecule has 9 heteroatoms. The quantitative estimate of drug-likeness (QED) is 0.562. The van der Waals surface area contributed by atoms with Gasteiger partial charge in [-0.3, -0.25) is 14.3 Å². The van der Waals surface area contributed by atoms with Crippen LogP contribution in [0, 0.1) is 12.3 Å². The summed E-state index contributed by atoms with van der Waals surface area (Å²) in [7, 11) is 0. The van der Waals surface area contributed by atoms with Crippen LogP contribution in [-0.4, -0.2) is 51.4 Å². The number of hydrogen-bond donors (Lipinski definition) is 3. The topological polar surface area (TPSA) is 114 Å². The minimum absolute atomic E-state index is 0.215. The van der Waals surface area contributed by atoms with Gasteiger partial charge < -0.3 is 19.7 Å². The maximum atomic E-state index is 14.0. The van der Waals surface area contributed by atoms with E-state index in [-0.39, 0.29) is 12.4 Å². The Morgan fingerprint density at radius 2 is 2.29 bits per heavy atom. The Morgan fingerprint density at radius 3 is 2.86 bits per heavy atom. The number of terminal acetylenes is 1. The maximum Gasteiger partial charge on any atom is 0.330 e. The van der Waals surface area contributed by atoms with E-state index in [4.69, 9.17) is 21.0 Å². The van der Waals surface area contributed by atoms with E-state index in [0.717, 1.165) is 10.8 Å². The van der Waals surface area contributed by atoms with Crippen LogP contribution in [0.15, 0.2) is 15.8 Å². The number of H-pyrrole nitrogens is 1. The third-order valence-corrected chi connectivity index (χ3v) is 2.99. The van der Waals surface area contributed by atoms with E-state index < -0.39 is 42.5 Å². The lowest BCUT2D eigenvalue weighted by atomic mass is 10.1. The predicted octanol–water partition coefficient (Wildman–Crippen LogP) is -1.86. The second-order valence-corrected chi connectivity index (χ2v) is 4.34. The lowest BCUT2D eigenvalue weighted by Gasteiger charge is -2.16. The van der Waals surface area contributed by atoms with E-state index in [1.165, 1.54) is 0 Å². The summed E-state index contributed by atoms with van der Waals surface area (Å²) in [6.45, 7) is -0.829. The fourth-order valence-corrected chi connectivity index (χ4v) is 1.96. The molecule has 2 heterocycles. The molecule has 0 saturated carbocycles. The van der Waals surface area contributed by atoms with Crippen LogP contribution in [0.5, 0.6) is 5.75 Å². The van der Waals surface area contributed by atoms with Gasteiger partial charge in [0, 0.05) is 0 Å². The van der Waals surface area contributed by atoms with E-state index in [1.807, 2.05) is 4.98 Å². The molecule has 0 aromatic carbocycles. The van der Waals surface area contributed by atoms with Gasteiger partial charge in [-0.15, -0.1) is 6.42 Å². The van der Waals surface area contributed by atoms with Gasteiger partial charge in [0.1, 0.15) is 18.8 Å². The first-order valence-corrected chi connectivity index (χ1v) is 5.99. The van der Waals surface area contributed by atoms with E-state index in [2.05, 4.69) is 5.92 Å². The van der Waals surface area contributed by atoms with E-state index >= 15 is 0 Å². The van der Waals surface area contributed by atoms with E-state index in [9.17, 15) is 19.1 Å². The highest BCUT2D eigenvalue weighted by atomic mass is 19.1. The normalized spacial score (nSPS) is 28.3. The number of hydrogen-bond acceptors (Lipinski definition) is 6. The van der Waals surface area contributed by atoms with Crippen molar-refractivity contribution in [3.8, 4) is 18.1 Å². The molecule has 4 atom stereocenters. The molecule has 0 spiro atoms. The standard InChI is InChI=1S/C12H13FN2O6/c1-2-3-20-6-4-15(12(19)14-10(6)18)11-8(13)9(17)7(5-16)21-11/h1,4,7-9,11,16-17H,3,5H2,(H,14,18,19). The number of aliphatic hydroxyl groups excluding tert-OH is 2. The van der Waals surface area contributed by atoms with Crippen LogP contribution in [0.4, 0.5) is 4.39 Å². The highest BCUT2D eigenvalue weighted by molar-refractivity contribution is 5.14. The van der Waals surface area contributed by atoms with Crippen molar-refractivity contribution in [2.24, 2.45) is 0 Å². The Balaban J connectivity index is 2.38. The first-order valence-electron chi connectivity index (χ1n) is 5.99. The Hall–Kier alpha value is -2.15. The molecule has 3 N–H and O–H groups in total. The molecule has 2 rings (SSSR count). The summed E-state index contributed by atoms with van der Waals surface area (Å²) in [5.74, 6) is 1.85. The lowest BCUT2D eigenvalue weighted by molar-refractivity contribution is -0.0493. The molecule has 1 fully saturated rings. The van der Waals surface area contributed by atoms with Crippen LogP contribution < -0.4 is 16.0 Å². The molecule has 0 bridgehead atoms. The molecule has 0 aliphatic carbocycles. The van der Waals surface area contributed by atoms with Crippen LogP contribution in [0.25, 0.3) is 0 Å². The average molecular weight is 300 g/mol. The van der Waals surface area contributed by atoms with Crippen molar-refractivity contribution >= 4 is 0 Å². The number of aromatic amines is 1. The van der Waals surface area contributed by atoms with Crippen molar-refractivity contribution in [2.75, 3.05) is 13.2 Å². The Labute approximate surface area is 117 Å². The summed E-state index contributed by atoms with van der Waals surface area (Å²) in [6.07, 6.45) is -0.262. The van der Waals surface area contributed by atoms with Crippen LogP contribution in [0.2, 0.25) is 0 Å². The average Bonchev–Trinajstić information content (AvgIpc) is 2.74. The van der Waals surface area contributed by atoms with Gasteiger partial charge in [-0.05, 0) is 0 Å². The van der Waals surface area contributed by atoms with Gasteiger partial charge in [-0.1, -0.05) is 5.92 Å². The molecule has 4 unspecified atom stereocenters. The second kappa shape index (κ2) is 6.09. The van der Waals surface area contributed by atoms with Gasteiger partial charge in [0.15, 0.2) is 12.4 Å². The molecule has 1 aromatic rings. The Kier molecular flexibility index (Phi) is 4.42. The molecule has 1 aliphatic rings. The summed E-state index contributed by atoms with van der Waals surface area (Å²) in [5, 5.41) is 18.5. The van der Waals surface area contributed by atoms with Crippen molar-refractivity contribution in [3.05, 3.63) is 27.0 Å². The number of rotatable bonds is 4. The number of ether oxygens (including phenoxy) is 2. The van der Waals surface area contributed by atoms with E-state index in [0.29, 0.717) is 0 Å². The lowest BCUT2D eigenvalue weighted by Crippen LogP contribution is -2.36. The smallest absolute Gasteiger partial charge is 0.330 e. The number of aliphatic hydroxyl groups is 2. The van der Waals surface area contributed by atoms with Gasteiger partial charge >= 0.3 is 5.69 Å². The Bertz CT molecular complexity index is 663. The molecule has 1 aliphatic heterocycles. The van der Waals surface area contributed by atoms with E-state index in [1.54, 1.807) is 0 Å². The fraction of sp³-hybridized carbons (Fsp3) is 0.500. The van der Waals surface area contributed by atoms with Crippen LogP contribution >= 0.6 is 0 Å². The number of alkyl halides is 1. The molecular weight excluding hydrogens is 287 g/mol. The summed E-state index contributed by atoms with van der Waals surface area (Å²) in [4.78, 5) is 25.1. The minimum Gasteiger partial charge on any atom is -0.474 e. The second-order valence-electron chi connectivity index (χ2n) is 4.34. The zero-order valence-corrected chi connectivity index (χ0v) is 10.7. The SMILES string of the molecule is C#CCOc1cn(C2OC(CO)C(O)C2F)c(=O)[nH]c1=O. The molecule has 0 amide bonds. The predicted molar refractivity (Wildman–Crippen MR) is 67.5 cm³/mol. The fourth-order valence-electron chi connectivity index (χ4n) is 1.96. The van der Waals surface area contributed by atoms with Gasteiger partial charge in [0.05, 0.1) is 12.8 Å². The number of aromatic nitrogens is 2. The first kappa shape index (κ1) is 15.2. The highest BCUT2D eigenvalue weighted by Gasteiger charge is 2.45. The van der Waals surface area contributed by atoms with Gasteiger partial charge in [-0.2, -0.15) is 0 Å². The molecular formula is C12H13FN2O6. The number of halogens is 1.